The second-order valence-corrected chi connectivity index (χ2v) is 4.70. The number of esters is 1. The lowest BCUT2D eigenvalue weighted by molar-refractivity contribution is -0.141. The van der Waals surface area contributed by atoms with E-state index in [1.807, 2.05) is 12.1 Å². The van der Waals surface area contributed by atoms with Crippen LogP contribution in [0, 0.1) is 0 Å². The number of carbonyl (C=O) groups is 2. The van der Waals surface area contributed by atoms with Crippen LogP contribution in [0.1, 0.15) is 29.3 Å². The second kappa shape index (κ2) is 5.73. The molecular formula is C14H18N2O3. The Balaban J connectivity index is 1.98. The Kier molecular flexibility index (Phi) is 4.04. The highest BCUT2D eigenvalue weighted by Gasteiger charge is 2.16. The topological polar surface area (TPSA) is 67.4 Å². The summed E-state index contributed by atoms with van der Waals surface area (Å²) in [5, 5.41) is 6.04. The van der Waals surface area contributed by atoms with Gasteiger partial charge in [-0.15, -0.1) is 0 Å². The molecule has 1 amide bonds. The molecule has 1 aliphatic heterocycles. The molecule has 19 heavy (non-hydrogen) atoms. The van der Waals surface area contributed by atoms with Crippen molar-refractivity contribution in [2.45, 2.75) is 25.8 Å². The molecule has 0 saturated carbocycles. The molecule has 2 N–H and O–H groups in total. The summed E-state index contributed by atoms with van der Waals surface area (Å²) in [6.07, 6.45) is 1.11. The van der Waals surface area contributed by atoms with Crippen molar-refractivity contribution < 1.29 is 14.3 Å². The van der Waals surface area contributed by atoms with Gasteiger partial charge < -0.3 is 15.4 Å². The van der Waals surface area contributed by atoms with Gasteiger partial charge in [-0.25, -0.2) is 0 Å². The van der Waals surface area contributed by atoms with Gasteiger partial charge in [-0.2, -0.15) is 0 Å². The van der Waals surface area contributed by atoms with E-state index in [-0.39, 0.29) is 24.3 Å². The molecule has 0 aliphatic carbocycles. The minimum Gasteiger partial charge on any atom is -0.469 e. The van der Waals surface area contributed by atoms with Crippen LogP contribution in [0.3, 0.4) is 0 Å². The Morgan fingerprint density at radius 1 is 1.47 bits per heavy atom. The minimum atomic E-state index is -0.328. The van der Waals surface area contributed by atoms with Gasteiger partial charge in [0, 0.05) is 23.8 Å². The summed E-state index contributed by atoms with van der Waals surface area (Å²) in [7, 11) is 1.34. The predicted molar refractivity (Wildman–Crippen MR) is 72.2 cm³/mol. The standard InChI is InChI=1S/C14H18N2O3/c1-9(7-13(17)19-2)16-14(18)11-3-4-12-10(8-11)5-6-15-12/h3-4,8-9,15H,5-7H2,1-2H3,(H,16,18). The van der Waals surface area contributed by atoms with Gasteiger partial charge in [0.15, 0.2) is 0 Å². The van der Waals surface area contributed by atoms with Crippen molar-refractivity contribution in [3.05, 3.63) is 29.3 Å². The van der Waals surface area contributed by atoms with Crippen LogP contribution in [0.4, 0.5) is 5.69 Å². The molecule has 1 aromatic carbocycles. The molecule has 1 aromatic rings. The van der Waals surface area contributed by atoms with Crippen molar-refractivity contribution in [2.24, 2.45) is 0 Å². The summed E-state index contributed by atoms with van der Waals surface area (Å²) < 4.78 is 4.57. The fourth-order valence-corrected chi connectivity index (χ4v) is 2.14. The molecule has 1 aliphatic rings. The van der Waals surface area contributed by atoms with Crippen LogP contribution in [0.25, 0.3) is 0 Å². The van der Waals surface area contributed by atoms with E-state index in [0.29, 0.717) is 5.56 Å². The molecule has 0 bridgehead atoms. The van der Waals surface area contributed by atoms with E-state index in [9.17, 15) is 9.59 Å². The van der Waals surface area contributed by atoms with Crippen molar-refractivity contribution >= 4 is 17.6 Å². The Labute approximate surface area is 112 Å². The number of amides is 1. The monoisotopic (exact) mass is 262 g/mol. The van der Waals surface area contributed by atoms with E-state index in [0.717, 1.165) is 24.2 Å². The zero-order valence-corrected chi connectivity index (χ0v) is 11.2. The summed E-state index contributed by atoms with van der Waals surface area (Å²) in [5.41, 5.74) is 2.88. The fourth-order valence-electron chi connectivity index (χ4n) is 2.14. The summed E-state index contributed by atoms with van der Waals surface area (Å²) in [4.78, 5) is 23.2. The number of hydrogen-bond donors (Lipinski definition) is 2. The average molecular weight is 262 g/mol. The van der Waals surface area contributed by atoms with Gasteiger partial charge in [0.25, 0.3) is 5.91 Å². The van der Waals surface area contributed by atoms with Crippen LogP contribution in [-0.4, -0.2) is 31.6 Å². The van der Waals surface area contributed by atoms with Crippen molar-refractivity contribution in [1.29, 1.82) is 0 Å². The first kappa shape index (κ1) is 13.4. The lowest BCUT2D eigenvalue weighted by Crippen LogP contribution is -2.34. The van der Waals surface area contributed by atoms with Gasteiger partial charge in [-0.05, 0) is 37.1 Å². The molecule has 0 aromatic heterocycles. The van der Waals surface area contributed by atoms with Gasteiger partial charge in [0.05, 0.1) is 13.5 Å². The Morgan fingerprint density at radius 3 is 3.00 bits per heavy atom. The van der Waals surface area contributed by atoms with E-state index in [1.54, 1.807) is 13.0 Å². The zero-order chi connectivity index (χ0) is 13.8. The predicted octanol–water partition coefficient (Wildman–Crippen LogP) is 1.34. The summed E-state index contributed by atoms with van der Waals surface area (Å²) in [6.45, 7) is 2.70. The number of carbonyl (C=O) groups excluding carboxylic acids is 2. The minimum absolute atomic E-state index is 0.161. The van der Waals surface area contributed by atoms with Gasteiger partial charge in [0.1, 0.15) is 0 Å². The van der Waals surface area contributed by atoms with Crippen LogP contribution < -0.4 is 10.6 Å². The summed E-state index contributed by atoms with van der Waals surface area (Å²) in [5.74, 6) is -0.489. The normalized spacial score (nSPS) is 14.2. The Bertz CT molecular complexity index is 499. The molecule has 1 atom stereocenters. The number of ether oxygens (including phenoxy) is 1. The average Bonchev–Trinajstić information content (AvgIpc) is 2.85. The van der Waals surface area contributed by atoms with Crippen molar-refractivity contribution in [3.8, 4) is 0 Å². The Morgan fingerprint density at radius 2 is 2.26 bits per heavy atom. The lowest BCUT2D eigenvalue weighted by atomic mass is 10.1. The molecule has 0 fully saturated rings. The number of anilines is 1. The molecule has 102 valence electrons. The first-order valence-electron chi connectivity index (χ1n) is 6.34. The number of benzene rings is 1. The van der Waals surface area contributed by atoms with Gasteiger partial charge >= 0.3 is 5.97 Å². The smallest absolute Gasteiger partial charge is 0.307 e. The zero-order valence-electron chi connectivity index (χ0n) is 11.2. The third kappa shape index (κ3) is 3.24. The number of nitrogens with one attached hydrogen (secondary N) is 2. The lowest BCUT2D eigenvalue weighted by Gasteiger charge is -2.13. The molecule has 0 radical (unpaired) electrons. The van der Waals surface area contributed by atoms with Crippen molar-refractivity contribution in [3.63, 3.8) is 0 Å². The van der Waals surface area contributed by atoms with Gasteiger partial charge in [0.2, 0.25) is 0 Å². The summed E-state index contributed by atoms with van der Waals surface area (Å²) in [6, 6.07) is 5.36. The van der Waals surface area contributed by atoms with Gasteiger partial charge in [-0.1, -0.05) is 0 Å². The third-order valence-electron chi connectivity index (χ3n) is 3.16. The van der Waals surface area contributed by atoms with E-state index in [4.69, 9.17) is 0 Å². The van der Waals surface area contributed by atoms with E-state index in [1.165, 1.54) is 7.11 Å². The quantitative estimate of drug-likeness (QED) is 0.803. The maximum absolute atomic E-state index is 12.0. The highest BCUT2D eigenvalue weighted by atomic mass is 16.5. The third-order valence-corrected chi connectivity index (χ3v) is 3.16. The SMILES string of the molecule is COC(=O)CC(C)NC(=O)c1ccc2c(c1)CCN2. The van der Waals surface area contributed by atoms with Crippen LogP contribution >= 0.6 is 0 Å². The highest BCUT2D eigenvalue weighted by Crippen LogP contribution is 2.22. The van der Waals surface area contributed by atoms with Crippen LogP contribution in [0.15, 0.2) is 18.2 Å². The molecule has 0 saturated heterocycles. The van der Waals surface area contributed by atoms with Crippen LogP contribution in [0.2, 0.25) is 0 Å². The first-order valence-corrected chi connectivity index (χ1v) is 6.34. The Hall–Kier alpha value is -2.04. The van der Waals surface area contributed by atoms with Gasteiger partial charge in [-0.3, -0.25) is 9.59 Å². The second-order valence-electron chi connectivity index (χ2n) is 4.70. The molecule has 2 rings (SSSR count). The van der Waals surface area contributed by atoms with Crippen molar-refractivity contribution in [1.82, 2.24) is 5.32 Å². The summed E-state index contributed by atoms with van der Waals surface area (Å²) >= 11 is 0. The number of rotatable bonds is 4. The maximum atomic E-state index is 12.0. The molecule has 5 nitrogen and oxygen atoms in total. The van der Waals surface area contributed by atoms with E-state index < -0.39 is 0 Å². The van der Waals surface area contributed by atoms with Crippen LogP contribution in [-0.2, 0) is 16.0 Å². The highest BCUT2D eigenvalue weighted by molar-refractivity contribution is 5.95. The number of fused-ring (bicyclic) bond motifs is 1. The molecule has 1 heterocycles. The largest absolute Gasteiger partial charge is 0.469 e. The number of methoxy groups -OCH3 is 1. The molecule has 1 unspecified atom stereocenters. The number of hydrogen-bond acceptors (Lipinski definition) is 4. The molecule has 5 heteroatoms. The first-order chi connectivity index (χ1) is 9.10. The van der Waals surface area contributed by atoms with Crippen molar-refractivity contribution in [2.75, 3.05) is 19.0 Å². The van der Waals surface area contributed by atoms with E-state index >= 15 is 0 Å². The molecule has 0 spiro atoms. The van der Waals surface area contributed by atoms with Crippen LogP contribution in [0.5, 0.6) is 0 Å². The maximum Gasteiger partial charge on any atom is 0.307 e. The molecular weight excluding hydrogens is 244 g/mol. The van der Waals surface area contributed by atoms with E-state index in [2.05, 4.69) is 15.4 Å². The fraction of sp³-hybridized carbons (Fsp3) is 0.429.